The van der Waals surface area contributed by atoms with E-state index in [-0.39, 0.29) is 5.56 Å². The average molecular weight is 325 g/mol. The first kappa shape index (κ1) is 19.2. The van der Waals surface area contributed by atoms with Crippen molar-refractivity contribution in [1.29, 1.82) is 0 Å². The van der Waals surface area contributed by atoms with Gasteiger partial charge in [-0.25, -0.2) is 4.39 Å². The summed E-state index contributed by atoms with van der Waals surface area (Å²) in [6.07, 6.45) is 3.65. The number of Topliss-reactive ketones (excluding diaryl/α,β-unsaturated/α-hetero) is 2. The molecule has 4 heteroatoms. The number of ketones is 2. The van der Waals surface area contributed by atoms with E-state index in [4.69, 9.17) is 0 Å². The van der Waals surface area contributed by atoms with Crippen molar-refractivity contribution < 1.29 is 14.0 Å². The third kappa shape index (κ3) is 6.50. The highest BCUT2D eigenvalue weighted by Gasteiger charge is 2.17. The van der Waals surface area contributed by atoms with Gasteiger partial charge in [0.05, 0.1) is 0 Å². The van der Waals surface area contributed by atoms with Crippen LogP contribution >= 0.6 is 0 Å². The molecule has 2 aromatic rings. The third-order valence-corrected chi connectivity index (χ3v) is 2.93. The van der Waals surface area contributed by atoms with Crippen LogP contribution in [0.15, 0.2) is 79.9 Å². The van der Waals surface area contributed by atoms with E-state index in [1.807, 2.05) is 12.2 Å². The number of hydrogen-bond acceptors (Lipinski definition) is 3. The summed E-state index contributed by atoms with van der Waals surface area (Å²) >= 11 is 0. The number of hydrogen-bond donors (Lipinski definition) is 1. The summed E-state index contributed by atoms with van der Waals surface area (Å²) in [5.74, 6) is -1.65. The van der Waals surface area contributed by atoms with Crippen molar-refractivity contribution >= 4 is 11.6 Å². The van der Waals surface area contributed by atoms with Gasteiger partial charge in [-0.2, -0.15) is 0 Å². The molecule has 0 amide bonds. The molecule has 0 saturated heterocycles. The first-order valence-electron chi connectivity index (χ1n) is 7.42. The quantitative estimate of drug-likeness (QED) is 0.364. The smallest absolute Gasteiger partial charge is 0.233 e. The van der Waals surface area contributed by atoms with Crippen LogP contribution < -0.4 is 5.32 Å². The minimum atomic E-state index is -0.629. The van der Waals surface area contributed by atoms with E-state index in [0.717, 1.165) is 25.2 Å². The van der Waals surface area contributed by atoms with Gasteiger partial charge in [0.15, 0.2) is 0 Å². The summed E-state index contributed by atoms with van der Waals surface area (Å²) in [4.78, 5) is 23.6. The lowest BCUT2D eigenvalue weighted by molar-refractivity contribution is 0.0817. The fraction of sp³-hybridized carbons (Fsp3) is 0.100. The molecule has 0 heterocycles. The molecule has 0 bridgehead atoms. The summed E-state index contributed by atoms with van der Waals surface area (Å²) in [6, 6.07) is 13.2. The van der Waals surface area contributed by atoms with E-state index >= 15 is 0 Å². The topological polar surface area (TPSA) is 46.2 Å². The molecule has 0 aliphatic rings. The van der Waals surface area contributed by atoms with Gasteiger partial charge in [-0.15, -0.1) is 13.2 Å². The zero-order chi connectivity index (χ0) is 17.8. The van der Waals surface area contributed by atoms with Crippen LogP contribution in [0.4, 0.5) is 4.39 Å². The Labute approximate surface area is 141 Å². The largest absolute Gasteiger partial charge is 0.310 e. The summed E-state index contributed by atoms with van der Waals surface area (Å²) in [5.41, 5.74) is 0.530. The van der Waals surface area contributed by atoms with Crippen molar-refractivity contribution in [3.63, 3.8) is 0 Å². The Kier molecular flexibility index (Phi) is 8.64. The Balaban J connectivity index is 0.000000351. The minimum absolute atomic E-state index is 0.195. The van der Waals surface area contributed by atoms with Gasteiger partial charge < -0.3 is 5.32 Å². The van der Waals surface area contributed by atoms with E-state index in [9.17, 15) is 14.0 Å². The Bertz CT molecular complexity index is 671. The van der Waals surface area contributed by atoms with Crippen molar-refractivity contribution in [3.8, 4) is 0 Å². The highest BCUT2D eigenvalue weighted by molar-refractivity contribution is 6.49. The summed E-state index contributed by atoms with van der Waals surface area (Å²) in [6.45, 7) is 8.81. The monoisotopic (exact) mass is 325 g/mol. The van der Waals surface area contributed by atoms with Crippen LogP contribution in [0.1, 0.15) is 20.7 Å². The van der Waals surface area contributed by atoms with Crippen molar-refractivity contribution in [2.75, 3.05) is 13.1 Å². The Morgan fingerprint density at radius 3 is 1.75 bits per heavy atom. The maximum absolute atomic E-state index is 12.7. The first-order valence-corrected chi connectivity index (χ1v) is 7.42. The summed E-state index contributed by atoms with van der Waals surface area (Å²) in [5, 5.41) is 3.05. The van der Waals surface area contributed by atoms with Crippen molar-refractivity contribution in [2.24, 2.45) is 0 Å². The standard InChI is InChI=1S/C14H9FO2.C6H11N/c15-12-8-6-11(7-9-12)14(17)13(16)10-4-2-1-3-5-10;1-3-5-7-6-4-2/h1-9H;3-4,7H,1-2,5-6H2. The number of carbonyl (C=O) groups excluding carboxylic acids is 2. The van der Waals surface area contributed by atoms with Crippen molar-refractivity contribution in [3.05, 3.63) is 96.9 Å². The highest BCUT2D eigenvalue weighted by Crippen LogP contribution is 2.08. The van der Waals surface area contributed by atoms with Gasteiger partial charge in [-0.3, -0.25) is 9.59 Å². The Morgan fingerprint density at radius 1 is 0.833 bits per heavy atom. The second-order valence-corrected chi connectivity index (χ2v) is 4.77. The molecule has 124 valence electrons. The van der Waals surface area contributed by atoms with E-state index in [1.165, 1.54) is 12.1 Å². The Hall–Kier alpha value is -2.85. The lowest BCUT2D eigenvalue weighted by Crippen LogP contribution is -2.14. The molecule has 2 rings (SSSR count). The molecule has 0 aliphatic heterocycles. The molecular weight excluding hydrogens is 305 g/mol. The molecular formula is C20H20FNO2. The van der Waals surface area contributed by atoms with Gasteiger partial charge in [0.1, 0.15) is 5.82 Å². The molecule has 0 aromatic heterocycles. The SMILES string of the molecule is C=CCNCC=C.O=C(C(=O)c1ccc(F)cc1)c1ccccc1. The highest BCUT2D eigenvalue weighted by atomic mass is 19.1. The first-order chi connectivity index (χ1) is 11.6. The van der Waals surface area contributed by atoms with Crippen LogP contribution in [0.3, 0.4) is 0 Å². The van der Waals surface area contributed by atoms with Crippen LogP contribution in [0.5, 0.6) is 0 Å². The van der Waals surface area contributed by atoms with Crippen molar-refractivity contribution in [2.45, 2.75) is 0 Å². The molecule has 0 radical (unpaired) electrons. The number of nitrogens with one attached hydrogen (secondary N) is 1. The third-order valence-electron chi connectivity index (χ3n) is 2.93. The predicted molar refractivity (Wildman–Crippen MR) is 94.8 cm³/mol. The number of rotatable bonds is 7. The normalized spacial score (nSPS) is 9.38. The maximum atomic E-state index is 12.7. The van der Waals surface area contributed by atoms with Crippen LogP contribution in [0.2, 0.25) is 0 Å². The van der Waals surface area contributed by atoms with Gasteiger partial charge in [0, 0.05) is 24.2 Å². The van der Waals surface area contributed by atoms with Gasteiger partial charge in [-0.1, -0.05) is 42.5 Å². The maximum Gasteiger partial charge on any atom is 0.233 e. The second-order valence-electron chi connectivity index (χ2n) is 4.77. The van der Waals surface area contributed by atoms with Gasteiger partial charge in [0.25, 0.3) is 0 Å². The molecule has 0 spiro atoms. The van der Waals surface area contributed by atoms with E-state index < -0.39 is 17.4 Å². The fourth-order valence-corrected chi connectivity index (χ4v) is 1.74. The van der Waals surface area contributed by atoms with Crippen molar-refractivity contribution in [1.82, 2.24) is 5.32 Å². The molecule has 2 aromatic carbocycles. The number of carbonyl (C=O) groups is 2. The molecule has 1 N–H and O–H groups in total. The predicted octanol–water partition coefficient (Wildman–Crippen LogP) is 3.84. The lowest BCUT2D eigenvalue weighted by Gasteiger charge is -2.00. The molecule has 0 atom stereocenters. The number of halogens is 1. The zero-order valence-electron chi connectivity index (χ0n) is 13.4. The Morgan fingerprint density at radius 2 is 1.29 bits per heavy atom. The summed E-state index contributed by atoms with van der Waals surface area (Å²) in [7, 11) is 0. The van der Waals surface area contributed by atoms with Crippen LogP contribution in [-0.2, 0) is 0 Å². The van der Waals surface area contributed by atoms with Crippen LogP contribution in [-0.4, -0.2) is 24.7 Å². The van der Waals surface area contributed by atoms with E-state index in [1.54, 1.807) is 30.3 Å². The lowest BCUT2D eigenvalue weighted by atomic mass is 10.0. The fourth-order valence-electron chi connectivity index (χ4n) is 1.74. The minimum Gasteiger partial charge on any atom is -0.310 e. The van der Waals surface area contributed by atoms with Crippen LogP contribution in [0.25, 0.3) is 0 Å². The van der Waals surface area contributed by atoms with Crippen LogP contribution in [0, 0.1) is 5.82 Å². The van der Waals surface area contributed by atoms with Gasteiger partial charge >= 0.3 is 0 Å². The molecule has 24 heavy (non-hydrogen) atoms. The molecule has 0 fully saturated rings. The second kappa shape index (κ2) is 10.8. The molecule has 0 unspecified atom stereocenters. The van der Waals surface area contributed by atoms with Gasteiger partial charge in [0.2, 0.25) is 11.6 Å². The zero-order valence-corrected chi connectivity index (χ0v) is 13.4. The average Bonchev–Trinajstić information content (AvgIpc) is 2.63. The molecule has 3 nitrogen and oxygen atoms in total. The van der Waals surface area contributed by atoms with E-state index in [0.29, 0.717) is 5.56 Å². The van der Waals surface area contributed by atoms with Gasteiger partial charge in [-0.05, 0) is 24.3 Å². The summed E-state index contributed by atoms with van der Waals surface area (Å²) < 4.78 is 12.7. The van der Waals surface area contributed by atoms with E-state index in [2.05, 4.69) is 18.5 Å². The number of benzene rings is 2. The molecule has 0 aliphatic carbocycles. The molecule has 0 saturated carbocycles.